The highest BCUT2D eigenvalue weighted by molar-refractivity contribution is 5.77. The average molecular weight is 194 g/mol. The number of H-pyrrole nitrogens is 1. The van der Waals surface area contributed by atoms with Crippen LogP contribution in [0.3, 0.4) is 0 Å². The van der Waals surface area contributed by atoms with Gasteiger partial charge in [-0.1, -0.05) is 0 Å². The SMILES string of the molecule is COCC(=O)N1CCc2[nH]ccc2C1. The third kappa shape index (κ3) is 1.65. The predicted molar refractivity (Wildman–Crippen MR) is 51.8 cm³/mol. The van der Waals surface area contributed by atoms with E-state index in [1.807, 2.05) is 17.2 Å². The van der Waals surface area contributed by atoms with Crippen LogP contribution in [0.15, 0.2) is 12.3 Å². The number of fused-ring (bicyclic) bond motifs is 1. The Hall–Kier alpha value is -1.29. The van der Waals surface area contributed by atoms with Crippen LogP contribution in [0.4, 0.5) is 0 Å². The Labute approximate surface area is 82.9 Å². The fraction of sp³-hybridized carbons (Fsp3) is 0.500. The van der Waals surface area contributed by atoms with Gasteiger partial charge in [-0.3, -0.25) is 4.79 Å². The van der Waals surface area contributed by atoms with Crippen LogP contribution in [0, 0.1) is 0 Å². The van der Waals surface area contributed by atoms with Crippen LogP contribution in [0.25, 0.3) is 0 Å². The first-order chi connectivity index (χ1) is 6.81. The number of aromatic amines is 1. The normalized spacial score (nSPS) is 15.4. The number of hydrogen-bond donors (Lipinski definition) is 1. The highest BCUT2D eigenvalue weighted by Gasteiger charge is 2.20. The summed E-state index contributed by atoms with van der Waals surface area (Å²) in [7, 11) is 1.55. The number of rotatable bonds is 2. The number of hydrogen-bond acceptors (Lipinski definition) is 2. The van der Waals surface area contributed by atoms with E-state index in [0.29, 0.717) is 6.54 Å². The molecule has 0 fully saturated rings. The molecule has 0 saturated heterocycles. The van der Waals surface area contributed by atoms with E-state index in [-0.39, 0.29) is 12.5 Å². The lowest BCUT2D eigenvalue weighted by atomic mass is 10.1. The van der Waals surface area contributed by atoms with Crippen LogP contribution in [0.1, 0.15) is 11.3 Å². The van der Waals surface area contributed by atoms with Crippen molar-refractivity contribution >= 4 is 5.91 Å². The Bertz CT molecular complexity index is 333. The number of aromatic nitrogens is 1. The van der Waals surface area contributed by atoms with E-state index >= 15 is 0 Å². The zero-order valence-electron chi connectivity index (χ0n) is 8.25. The number of methoxy groups -OCH3 is 1. The maximum atomic E-state index is 11.5. The lowest BCUT2D eigenvalue weighted by Gasteiger charge is -2.26. The molecule has 1 aromatic rings. The van der Waals surface area contributed by atoms with E-state index in [9.17, 15) is 4.79 Å². The molecule has 0 unspecified atom stereocenters. The molecule has 0 spiro atoms. The molecule has 1 aliphatic heterocycles. The molecule has 0 saturated carbocycles. The molecule has 2 heterocycles. The summed E-state index contributed by atoms with van der Waals surface area (Å²) in [6.07, 6.45) is 2.84. The summed E-state index contributed by atoms with van der Waals surface area (Å²) < 4.78 is 4.83. The topological polar surface area (TPSA) is 45.3 Å². The van der Waals surface area contributed by atoms with Crippen molar-refractivity contribution in [1.29, 1.82) is 0 Å². The van der Waals surface area contributed by atoms with Crippen molar-refractivity contribution in [1.82, 2.24) is 9.88 Å². The number of carbonyl (C=O) groups is 1. The predicted octanol–water partition coefficient (Wildman–Crippen LogP) is 0.546. The lowest BCUT2D eigenvalue weighted by molar-refractivity contribution is -0.136. The minimum Gasteiger partial charge on any atom is -0.375 e. The van der Waals surface area contributed by atoms with Crippen molar-refractivity contribution in [3.8, 4) is 0 Å². The first-order valence-corrected chi connectivity index (χ1v) is 4.73. The van der Waals surface area contributed by atoms with Gasteiger partial charge in [-0.2, -0.15) is 0 Å². The van der Waals surface area contributed by atoms with Crippen molar-refractivity contribution < 1.29 is 9.53 Å². The summed E-state index contributed by atoms with van der Waals surface area (Å²) >= 11 is 0. The Morgan fingerprint density at radius 1 is 1.71 bits per heavy atom. The summed E-state index contributed by atoms with van der Waals surface area (Å²) in [4.78, 5) is 16.5. The number of amides is 1. The van der Waals surface area contributed by atoms with Gasteiger partial charge in [0.1, 0.15) is 6.61 Å². The smallest absolute Gasteiger partial charge is 0.248 e. The molecule has 4 nitrogen and oxygen atoms in total. The molecule has 1 N–H and O–H groups in total. The van der Waals surface area contributed by atoms with Gasteiger partial charge in [-0.25, -0.2) is 0 Å². The number of nitrogens with zero attached hydrogens (tertiary/aromatic N) is 1. The highest BCUT2D eigenvalue weighted by atomic mass is 16.5. The first kappa shape index (κ1) is 9.27. The molecule has 76 valence electrons. The summed E-state index contributed by atoms with van der Waals surface area (Å²) in [5.74, 6) is 0.0688. The molecule has 0 aliphatic carbocycles. The summed E-state index contributed by atoms with van der Waals surface area (Å²) in [6, 6.07) is 2.03. The van der Waals surface area contributed by atoms with E-state index in [1.165, 1.54) is 11.3 Å². The second-order valence-corrected chi connectivity index (χ2v) is 3.48. The van der Waals surface area contributed by atoms with Crippen LogP contribution in [0.2, 0.25) is 0 Å². The van der Waals surface area contributed by atoms with Gasteiger partial charge in [-0.05, 0) is 11.6 Å². The van der Waals surface area contributed by atoms with E-state index in [0.717, 1.165) is 13.0 Å². The standard InChI is InChI=1S/C10H14N2O2/c1-14-7-10(13)12-5-3-9-8(6-12)2-4-11-9/h2,4,11H,3,5-7H2,1H3. The van der Waals surface area contributed by atoms with Crippen LogP contribution < -0.4 is 0 Å². The number of ether oxygens (including phenoxy) is 1. The van der Waals surface area contributed by atoms with Crippen LogP contribution in [0.5, 0.6) is 0 Å². The lowest BCUT2D eigenvalue weighted by Crippen LogP contribution is -2.37. The molecule has 1 aromatic heterocycles. The molecular weight excluding hydrogens is 180 g/mol. The van der Waals surface area contributed by atoms with E-state index in [2.05, 4.69) is 4.98 Å². The molecule has 0 atom stereocenters. The van der Waals surface area contributed by atoms with Crippen molar-refractivity contribution in [3.63, 3.8) is 0 Å². The van der Waals surface area contributed by atoms with Crippen molar-refractivity contribution in [2.75, 3.05) is 20.3 Å². The molecule has 0 bridgehead atoms. The number of nitrogens with one attached hydrogen (secondary N) is 1. The van der Waals surface area contributed by atoms with Crippen LogP contribution in [-0.2, 0) is 22.5 Å². The van der Waals surface area contributed by atoms with Crippen molar-refractivity contribution in [2.45, 2.75) is 13.0 Å². The molecule has 1 aliphatic rings. The second-order valence-electron chi connectivity index (χ2n) is 3.48. The van der Waals surface area contributed by atoms with Gasteiger partial charge >= 0.3 is 0 Å². The quantitative estimate of drug-likeness (QED) is 0.747. The monoisotopic (exact) mass is 194 g/mol. The van der Waals surface area contributed by atoms with Gasteiger partial charge in [0.15, 0.2) is 0 Å². The Morgan fingerprint density at radius 3 is 3.36 bits per heavy atom. The fourth-order valence-corrected chi connectivity index (χ4v) is 1.78. The summed E-state index contributed by atoms with van der Waals surface area (Å²) in [6.45, 7) is 1.68. The van der Waals surface area contributed by atoms with Crippen molar-refractivity contribution in [2.24, 2.45) is 0 Å². The minimum atomic E-state index is 0.0688. The molecule has 1 amide bonds. The summed E-state index contributed by atoms with van der Waals surface area (Å²) in [5.41, 5.74) is 2.48. The minimum absolute atomic E-state index is 0.0688. The second kappa shape index (κ2) is 3.84. The summed E-state index contributed by atoms with van der Waals surface area (Å²) in [5, 5.41) is 0. The third-order valence-electron chi connectivity index (χ3n) is 2.54. The third-order valence-corrected chi connectivity index (χ3v) is 2.54. The average Bonchev–Trinajstić information content (AvgIpc) is 2.64. The van der Waals surface area contributed by atoms with Gasteiger partial charge in [0.2, 0.25) is 5.91 Å². The molecule has 2 rings (SSSR count). The van der Waals surface area contributed by atoms with Gasteiger partial charge < -0.3 is 14.6 Å². The molecule has 0 aromatic carbocycles. The highest BCUT2D eigenvalue weighted by Crippen LogP contribution is 2.16. The fourth-order valence-electron chi connectivity index (χ4n) is 1.78. The Kier molecular flexibility index (Phi) is 2.54. The van der Waals surface area contributed by atoms with E-state index in [1.54, 1.807) is 7.11 Å². The van der Waals surface area contributed by atoms with Gasteiger partial charge in [-0.15, -0.1) is 0 Å². The van der Waals surface area contributed by atoms with Gasteiger partial charge in [0.05, 0.1) is 0 Å². The zero-order valence-corrected chi connectivity index (χ0v) is 8.25. The van der Waals surface area contributed by atoms with E-state index in [4.69, 9.17) is 4.74 Å². The van der Waals surface area contributed by atoms with E-state index < -0.39 is 0 Å². The molecular formula is C10H14N2O2. The maximum absolute atomic E-state index is 11.5. The zero-order chi connectivity index (χ0) is 9.97. The maximum Gasteiger partial charge on any atom is 0.248 e. The molecule has 0 radical (unpaired) electrons. The van der Waals surface area contributed by atoms with Crippen LogP contribution >= 0.6 is 0 Å². The Balaban J connectivity index is 2.04. The first-order valence-electron chi connectivity index (χ1n) is 4.73. The Morgan fingerprint density at radius 2 is 2.57 bits per heavy atom. The molecule has 4 heteroatoms. The largest absolute Gasteiger partial charge is 0.375 e. The van der Waals surface area contributed by atoms with Gasteiger partial charge in [0.25, 0.3) is 0 Å². The molecule has 14 heavy (non-hydrogen) atoms. The number of carbonyl (C=O) groups excluding carboxylic acids is 1. The van der Waals surface area contributed by atoms with Crippen LogP contribution in [-0.4, -0.2) is 36.1 Å². The van der Waals surface area contributed by atoms with Crippen molar-refractivity contribution in [3.05, 3.63) is 23.5 Å². The van der Waals surface area contributed by atoms with Gasteiger partial charge in [0, 0.05) is 38.5 Å².